The maximum atomic E-state index is 11.1. The molecule has 1 aromatic carbocycles. The molecule has 0 radical (unpaired) electrons. The van der Waals surface area contributed by atoms with Gasteiger partial charge in [0.15, 0.2) is 0 Å². The third-order valence-electron chi connectivity index (χ3n) is 3.06. The largest absolute Gasteiger partial charge is 0.496 e. The summed E-state index contributed by atoms with van der Waals surface area (Å²) < 4.78 is 5.35. The van der Waals surface area contributed by atoms with Crippen LogP contribution in [0.25, 0.3) is 10.8 Å². The zero-order valence-electron chi connectivity index (χ0n) is 11.9. The number of nitrogens with one attached hydrogen (secondary N) is 1. The molecule has 2 rings (SSSR count). The highest BCUT2D eigenvalue weighted by Gasteiger charge is 2.21. The summed E-state index contributed by atoms with van der Waals surface area (Å²) in [5.41, 5.74) is 4.81. The van der Waals surface area contributed by atoms with Gasteiger partial charge in [0.1, 0.15) is 11.6 Å². The van der Waals surface area contributed by atoms with Gasteiger partial charge < -0.3 is 15.8 Å². The van der Waals surface area contributed by atoms with Gasteiger partial charge in [-0.2, -0.15) is 0 Å². The van der Waals surface area contributed by atoms with E-state index < -0.39 is 5.54 Å². The fourth-order valence-electron chi connectivity index (χ4n) is 2.26. The first-order valence-corrected chi connectivity index (χ1v) is 6.41. The lowest BCUT2D eigenvalue weighted by atomic mass is 10.00. The minimum absolute atomic E-state index is 0.231. The Morgan fingerprint density at radius 1 is 1.35 bits per heavy atom. The van der Waals surface area contributed by atoms with Crippen molar-refractivity contribution < 1.29 is 9.53 Å². The summed E-state index contributed by atoms with van der Waals surface area (Å²) in [6.45, 7) is 3.83. The monoisotopic (exact) mass is 273 g/mol. The first-order chi connectivity index (χ1) is 9.43. The molecular formula is C15H19N3O2. The average Bonchev–Trinajstić information content (AvgIpc) is 2.36. The maximum absolute atomic E-state index is 11.1. The van der Waals surface area contributed by atoms with Crippen LogP contribution in [0.5, 0.6) is 5.75 Å². The number of hydrogen-bond acceptors (Lipinski definition) is 4. The molecule has 1 aromatic heterocycles. The zero-order valence-corrected chi connectivity index (χ0v) is 11.9. The summed E-state index contributed by atoms with van der Waals surface area (Å²) >= 11 is 0. The number of pyridine rings is 1. The van der Waals surface area contributed by atoms with E-state index in [4.69, 9.17) is 10.5 Å². The van der Waals surface area contributed by atoms with Crippen molar-refractivity contribution in [2.75, 3.05) is 12.4 Å². The molecule has 20 heavy (non-hydrogen) atoms. The number of anilines is 1. The summed E-state index contributed by atoms with van der Waals surface area (Å²) in [4.78, 5) is 15.5. The van der Waals surface area contributed by atoms with Gasteiger partial charge in [0.2, 0.25) is 5.91 Å². The standard InChI is InChI=1S/C15H19N3O2/c1-15(2,9-13(16)19)18-14-11-5-4-6-12(20-3)10(11)7-8-17-14/h4-8H,9H2,1-3H3,(H2,16,19)(H,17,18). The number of methoxy groups -OCH3 is 1. The molecule has 0 aliphatic rings. The van der Waals surface area contributed by atoms with Gasteiger partial charge in [-0.15, -0.1) is 0 Å². The van der Waals surface area contributed by atoms with Gasteiger partial charge in [0.25, 0.3) is 0 Å². The van der Waals surface area contributed by atoms with Crippen molar-refractivity contribution >= 4 is 22.5 Å². The van der Waals surface area contributed by atoms with Crippen LogP contribution in [0.3, 0.4) is 0 Å². The van der Waals surface area contributed by atoms with Gasteiger partial charge >= 0.3 is 0 Å². The Hall–Kier alpha value is -2.30. The Morgan fingerprint density at radius 3 is 2.75 bits per heavy atom. The number of carbonyl (C=O) groups is 1. The molecule has 1 heterocycles. The highest BCUT2D eigenvalue weighted by molar-refractivity contribution is 5.96. The third-order valence-corrected chi connectivity index (χ3v) is 3.06. The smallest absolute Gasteiger partial charge is 0.219 e. The number of nitrogens with two attached hydrogens (primary N) is 1. The van der Waals surface area contributed by atoms with E-state index in [1.165, 1.54) is 0 Å². The van der Waals surface area contributed by atoms with E-state index >= 15 is 0 Å². The molecule has 0 bridgehead atoms. The normalized spacial score (nSPS) is 11.3. The molecule has 5 heteroatoms. The Bertz CT molecular complexity index is 638. The highest BCUT2D eigenvalue weighted by Crippen LogP contribution is 2.30. The Balaban J connectivity index is 2.43. The van der Waals surface area contributed by atoms with E-state index in [2.05, 4.69) is 10.3 Å². The number of benzene rings is 1. The van der Waals surface area contributed by atoms with Crippen LogP contribution in [-0.4, -0.2) is 23.5 Å². The molecule has 0 saturated heterocycles. The van der Waals surface area contributed by atoms with Gasteiger partial charge in [0.05, 0.1) is 7.11 Å². The van der Waals surface area contributed by atoms with E-state index in [1.54, 1.807) is 13.3 Å². The lowest BCUT2D eigenvalue weighted by Crippen LogP contribution is -2.36. The molecule has 3 N–H and O–H groups in total. The molecule has 0 unspecified atom stereocenters. The summed E-state index contributed by atoms with van der Waals surface area (Å²) in [6, 6.07) is 7.68. The number of ether oxygens (including phenoxy) is 1. The maximum Gasteiger partial charge on any atom is 0.219 e. The Labute approximate surface area is 118 Å². The van der Waals surface area contributed by atoms with Crippen LogP contribution in [-0.2, 0) is 4.79 Å². The molecule has 0 aliphatic heterocycles. The number of fused-ring (bicyclic) bond motifs is 1. The lowest BCUT2D eigenvalue weighted by molar-refractivity contribution is -0.118. The molecule has 0 saturated carbocycles. The van der Waals surface area contributed by atoms with Crippen molar-refractivity contribution in [3.05, 3.63) is 30.5 Å². The van der Waals surface area contributed by atoms with Crippen LogP contribution >= 0.6 is 0 Å². The van der Waals surface area contributed by atoms with Gasteiger partial charge in [-0.1, -0.05) is 12.1 Å². The highest BCUT2D eigenvalue weighted by atomic mass is 16.5. The second-order valence-corrected chi connectivity index (χ2v) is 5.37. The number of amides is 1. The van der Waals surface area contributed by atoms with Crippen molar-refractivity contribution in [1.29, 1.82) is 0 Å². The molecular weight excluding hydrogens is 254 g/mol. The number of aromatic nitrogens is 1. The number of primary amides is 1. The number of hydrogen-bond donors (Lipinski definition) is 2. The van der Waals surface area contributed by atoms with Crippen molar-refractivity contribution in [1.82, 2.24) is 4.98 Å². The molecule has 0 fully saturated rings. The van der Waals surface area contributed by atoms with Crippen LogP contribution in [0, 0.1) is 0 Å². The number of nitrogens with zero attached hydrogens (tertiary/aromatic N) is 1. The summed E-state index contributed by atoms with van der Waals surface area (Å²) in [5, 5.41) is 5.20. The summed E-state index contributed by atoms with van der Waals surface area (Å²) in [5.74, 6) is 1.16. The van der Waals surface area contributed by atoms with Crippen molar-refractivity contribution in [2.45, 2.75) is 25.8 Å². The Kier molecular flexibility index (Phi) is 3.79. The van der Waals surface area contributed by atoms with Gasteiger partial charge in [-0.05, 0) is 26.0 Å². The zero-order chi connectivity index (χ0) is 14.8. The van der Waals surface area contributed by atoms with Gasteiger partial charge in [-0.25, -0.2) is 4.98 Å². The van der Waals surface area contributed by atoms with Gasteiger partial charge in [0, 0.05) is 28.9 Å². The molecule has 5 nitrogen and oxygen atoms in total. The molecule has 0 aliphatic carbocycles. The predicted octanol–water partition coefficient (Wildman–Crippen LogP) is 2.31. The van der Waals surface area contributed by atoms with E-state index in [1.807, 2.05) is 38.1 Å². The van der Waals surface area contributed by atoms with E-state index in [0.29, 0.717) is 5.82 Å². The topological polar surface area (TPSA) is 77.2 Å². The summed E-state index contributed by atoms with van der Waals surface area (Å²) in [6.07, 6.45) is 1.95. The fraction of sp³-hybridized carbons (Fsp3) is 0.333. The minimum atomic E-state index is -0.462. The van der Waals surface area contributed by atoms with Crippen molar-refractivity contribution in [3.8, 4) is 5.75 Å². The molecule has 2 aromatic rings. The van der Waals surface area contributed by atoms with E-state index in [0.717, 1.165) is 16.5 Å². The lowest BCUT2D eigenvalue weighted by Gasteiger charge is -2.26. The first-order valence-electron chi connectivity index (χ1n) is 6.41. The van der Waals surface area contributed by atoms with Crippen LogP contribution in [0.2, 0.25) is 0 Å². The van der Waals surface area contributed by atoms with Crippen LogP contribution in [0.15, 0.2) is 30.5 Å². The fourth-order valence-corrected chi connectivity index (χ4v) is 2.26. The van der Waals surface area contributed by atoms with Crippen LogP contribution < -0.4 is 15.8 Å². The quantitative estimate of drug-likeness (QED) is 0.876. The van der Waals surface area contributed by atoms with Crippen molar-refractivity contribution in [3.63, 3.8) is 0 Å². The minimum Gasteiger partial charge on any atom is -0.496 e. The Morgan fingerprint density at radius 2 is 2.10 bits per heavy atom. The molecule has 106 valence electrons. The van der Waals surface area contributed by atoms with Crippen molar-refractivity contribution in [2.24, 2.45) is 5.73 Å². The second kappa shape index (κ2) is 5.36. The van der Waals surface area contributed by atoms with Crippen LogP contribution in [0.1, 0.15) is 20.3 Å². The third kappa shape index (κ3) is 2.99. The average molecular weight is 273 g/mol. The van der Waals surface area contributed by atoms with E-state index in [-0.39, 0.29) is 12.3 Å². The first kappa shape index (κ1) is 14.1. The molecule has 0 atom stereocenters. The second-order valence-electron chi connectivity index (χ2n) is 5.37. The van der Waals surface area contributed by atoms with Crippen LogP contribution in [0.4, 0.5) is 5.82 Å². The van der Waals surface area contributed by atoms with E-state index in [9.17, 15) is 4.79 Å². The summed E-state index contributed by atoms with van der Waals surface area (Å²) in [7, 11) is 1.64. The predicted molar refractivity (Wildman–Crippen MR) is 79.8 cm³/mol. The number of carbonyl (C=O) groups excluding carboxylic acids is 1. The van der Waals surface area contributed by atoms with Gasteiger partial charge in [-0.3, -0.25) is 4.79 Å². The molecule has 1 amide bonds. The molecule has 0 spiro atoms. The SMILES string of the molecule is COc1cccc2c(NC(C)(C)CC(N)=O)nccc12. The number of rotatable bonds is 5.